The molecule has 0 rings (SSSR count). The smallest absolute Gasteiger partial charge is 0.333 e. The second-order valence-corrected chi connectivity index (χ2v) is 2.32. The van der Waals surface area contributed by atoms with Crippen molar-refractivity contribution in [1.82, 2.24) is 0 Å². The van der Waals surface area contributed by atoms with Crippen LogP contribution in [0.4, 0.5) is 0 Å². The number of rotatable bonds is 2. The molecule has 0 saturated carbocycles. The van der Waals surface area contributed by atoms with E-state index in [4.69, 9.17) is 5.11 Å². The molecule has 0 aromatic rings. The first kappa shape index (κ1) is 8.13. The third-order valence-corrected chi connectivity index (χ3v) is 0.577. The van der Waals surface area contributed by atoms with Crippen molar-refractivity contribution in [3.63, 3.8) is 0 Å². The van der Waals surface area contributed by atoms with Crippen molar-refractivity contribution in [2.45, 2.75) is 4.77 Å². The first-order chi connectivity index (χ1) is 3.66. The van der Waals surface area contributed by atoms with Gasteiger partial charge in [0.1, 0.15) is 6.61 Å². The van der Waals surface area contributed by atoms with Gasteiger partial charge in [0.25, 0.3) is 0 Å². The van der Waals surface area contributed by atoms with Gasteiger partial charge in [-0.15, -0.1) is 25.3 Å². The summed E-state index contributed by atoms with van der Waals surface area (Å²) >= 11 is 7.20. The Bertz CT molecular complexity index is 82.6. The first-order valence-electron chi connectivity index (χ1n) is 1.83. The van der Waals surface area contributed by atoms with Gasteiger partial charge in [0.05, 0.1) is 0 Å². The summed E-state index contributed by atoms with van der Waals surface area (Å²) in [5.41, 5.74) is 0. The molecule has 0 spiro atoms. The minimum atomic E-state index is -0.741. The largest absolute Gasteiger partial charge is 0.440 e. The zero-order valence-electron chi connectivity index (χ0n) is 3.94. The summed E-state index contributed by atoms with van der Waals surface area (Å²) < 4.78 is 3.50. The van der Waals surface area contributed by atoms with E-state index in [1.807, 2.05) is 0 Å². The SMILES string of the molecule is O=C(CO)OC(S)S. The molecule has 0 aromatic heterocycles. The Hall–Kier alpha value is 0.130. The molecule has 1 N–H and O–H groups in total. The van der Waals surface area contributed by atoms with Gasteiger partial charge in [-0.25, -0.2) is 4.79 Å². The molecule has 0 bridgehead atoms. The van der Waals surface area contributed by atoms with Crippen LogP contribution in [0.15, 0.2) is 0 Å². The van der Waals surface area contributed by atoms with Crippen molar-refractivity contribution in [2.75, 3.05) is 6.61 Å². The molecule has 0 saturated heterocycles. The molecule has 0 aliphatic rings. The van der Waals surface area contributed by atoms with E-state index in [2.05, 4.69) is 30.0 Å². The van der Waals surface area contributed by atoms with Gasteiger partial charge < -0.3 is 9.84 Å². The highest BCUT2D eigenvalue weighted by atomic mass is 32.2. The van der Waals surface area contributed by atoms with Crippen LogP contribution in [0, 0.1) is 0 Å². The summed E-state index contributed by atoms with van der Waals surface area (Å²) in [6, 6.07) is 0. The average molecular weight is 154 g/mol. The minimum Gasteiger partial charge on any atom is -0.440 e. The van der Waals surface area contributed by atoms with Crippen LogP contribution in [0.5, 0.6) is 0 Å². The second kappa shape index (κ2) is 4.05. The number of hydrogen-bond acceptors (Lipinski definition) is 5. The lowest BCUT2D eigenvalue weighted by atomic mass is 10.8. The van der Waals surface area contributed by atoms with E-state index in [9.17, 15) is 4.79 Å². The summed E-state index contributed by atoms with van der Waals surface area (Å²) in [6.45, 7) is -0.627. The Morgan fingerprint density at radius 1 is 1.75 bits per heavy atom. The van der Waals surface area contributed by atoms with E-state index < -0.39 is 17.3 Å². The maximum absolute atomic E-state index is 10.1. The quantitative estimate of drug-likeness (QED) is 0.290. The molecule has 0 aliphatic heterocycles. The summed E-state index contributed by atoms with van der Waals surface area (Å²) in [7, 11) is 0. The van der Waals surface area contributed by atoms with Gasteiger partial charge in [0, 0.05) is 0 Å². The number of hydrogen-bond donors (Lipinski definition) is 3. The van der Waals surface area contributed by atoms with Gasteiger partial charge in [-0.05, 0) is 0 Å². The third-order valence-electron chi connectivity index (χ3n) is 0.366. The lowest BCUT2D eigenvalue weighted by Crippen LogP contribution is -2.11. The molecular formula is C3H6O3S2. The number of aliphatic hydroxyl groups is 1. The number of thiol groups is 2. The standard InChI is InChI=1S/C3H6O3S2/c4-1-2(5)6-3(7)8/h3-4,7-8H,1H2. The molecule has 0 unspecified atom stereocenters. The molecule has 5 heteroatoms. The van der Waals surface area contributed by atoms with Crippen LogP contribution in [0.25, 0.3) is 0 Å². The van der Waals surface area contributed by atoms with E-state index in [-0.39, 0.29) is 0 Å². The van der Waals surface area contributed by atoms with Gasteiger partial charge in [-0.1, -0.05) is 0 Å². The zero-order valence-corrected chi connectivity index (χ0v) is 5.73. The summed E-state index contributed by atoms with van der Waals surface area (Å²) in [6.07, 6.45) is 0. The molecule has 0 aliphatic carbocycles. The lowest BCUT2D eigenvalue weighted by molar-refractivity contribution is -0.145. The molecule has 0 atom stereocenters. The van der Waals surface area contributed by atoms with Gasteiger partial charge >= 0.3 is 5.97 Å². The van der Waals surface area contributed by atoms with Crippen LogP contribution < -0.4 is 0 Å². The van der Waals surface area contributed by atoms with Crippen LogP contribution in [-0.2, 0) is 9.53 Å². The summed E-state index contributed by atoms with van der Waals surface area (Å²) in [5.74, 6) is -0.722. The Labute approximate surface area is 57.8 Å². The normalized spacial score (nSPS) is 9.50. The van der Waals surface area contributed by atoms with E-state index in [0.29, 0.717) is 0 Å². The molecule has 0 amide bonds. The predicted octanol–water partition coefficient (Wildman–Crippen LogP) is -0.335. The fourth-order valence-corrected chi connectivity index (χ4v) is 0.390. The molecule has 3 nitrogen and oxygen atoms in total. The fourth-order valence-electron chi connectivity index (χ4n) is 0.155. The average Bonchev–Trinajstić information content (AvgIpc) is 1.65. The number of ether oxygens (including phenoxy) is 1. The molecule has 48 valence electrons. The molecule has 0 aromatic carbocycles. The predicted molar refractivity (Wildman–Crippen MR) is 34.9 cm³/mol. The Balaban J connectivity index is 3.25. The number of carbonyl (C=O) groups excluding carboxylic acids is 1. The van der Waals surface area contributed by atoms with Crippen molar-refractivity contribution in [1.29, 1.82) is 0 Å². The Kier molecular flexibility index (Phi) is 4.12. The Morgan fingerprint density at radius 3 is 2.38 bits per heavy atom. The third kappa shape index (κ3) is 4.29. The lowest BCUT2D eigenvalue weighted by Gasteiger charge is -2.02. The van der Waals surface area contributed by atoms with Crippen molar-refractivity contribution in [3.05, 3.63) is 0 Å². The maximum Gasteiger partial charge on any atom is 0.333 e. The van der Waals surface area contributed by atoms with Crippen LogP contribution in [0.2, 0.25) is 0 Å². The van der Waals surface area contributed by atoms with Gasteiger partial charge in [-0.3, -0.25) is 0 Å². The highest BCUT2D eigenvalue weighted by Gasteiger charge is 2.01. The molecule has 0 fully saturated rings. The zero-order chi connectivity index (χ0) is 6.57. The van der Waals surface area contributed by atoms with Crippen molar-refractivity contribution >= 4 is 31.2 Å². The Morgan fingerprint density at radius 2 is 2.25 bits per heavy atom. The summed E-state index contributed by atoms with van der Waals surface area (Å²) in [4.78, 5) is 10.1. The molecule has 8 heavy (non-hydrogen) atoms. The van der Waals surface area contributed by atoms with Crippen LogP contribution in [-0.4, -0.2) is 22.5 Å². The monoisotopic (exact) mass is 154 g/mol. The van der Waals surface area contributed by atoms with E-state index in [1.54, 1.807) is 0 Å². The van der Waals surface area contributed by atoms with Crippen LogP contribution in [0.3, 0.4) is 0 Å². The van der Waals surface area contributed by atoms with Gasteiger partial charge in [0.2, 0.25) is 0 Å². The van der Waals surface area contributed by atoms with Gasteiger partial charge in [-0.2, -0.15) is 0 Å². The topological polar surface area (TPSA) is 46.5 Å². The van der Waals surface area contributed by atoms with E-state index in [1.165, 1.54) is 0 Å². The minimum absolute atomic E-state index is 0.627. The molecule has 0 heterocycles. The van der Waals surface area contributed by atoms with E-state index >= 15 is 0 Å². The fraction of sp³-hybridized carbons (Fsp3) is 0.667. The van der Waals surface area contributed by atoms with Crippen molar-refractivity contribution < 1.29 is 14.6 Å². The van der Waals surface area contributed by atoms with Crippen molar-refractivity contribution in [3.8, 4) is 0 Å². The van der Waals surface area contributed by atoms with Gasteiger partial charge in [0.15, 0.2) is 4.77 Å². The molecule has 0 radical (unpaired) electrons. The number of carbonyl (C=O) groups is 1. The first-order valence-corrected chi connectivity index (χ1v) is 2.86. The van der Waals surface area contributed by atoms with Crippen LogP contribution in [0.1, 0.15) is 0 Å². The number of esters is 1. The molecular weight excluding hydrogens is 148 g/mol. The second-order valence-electron chi connectivity index (χ2n) is 0.974. The highest BCUT2D eigenvalue weighted by molar-refractivity contribution is 7.98. The van der Waals surface area contributed by atoms with Crippen molar-refractivity contribution in [2.24, 2.45) is 0 Å². The van der Waals surface area contributed by atoms with Crippen LogP contribution >= 0.6 is 25.3 Å². The maximum atomic E-state index is 10.1. The highest BCUT2D eigenvalue weighted by Crippen LogP contribution is 2.00. The summed E-state index contributed by atoms with van der Waals surface area (Å²) in [5, 5.41) is 8.04. The number of aliphatic hydroxyl groups excluding tert-OH is 1. The van der Waals surface area contributed by atoms with E-state index in [0.717, 1.165) is 0 Å².